The Morgan fingerprint density at radius 2 is 1.91 bits per heavy atom. The second-order valence-corrected chi connectivity index (χ2v) is 9.19. The van der Waals surface area contributed by atoms with Crippen molar-refractivity contribution >= 4 is 23.5 Å². The van der Waals surface area contributed by atoms with Crippen molar-refractivity contribution in [2.45, 2.75) is 44.4 Å². The molecule has 11 heteroatoms. The molecule has 1 aliphatic rings. The SMILES string of the molecule is CC(C)(O)c1cc2nc(C3CCN(CC=O)CC3)cn2cc1NC(=O)c1cccc(C(F)(F)F)n1. The Morgan fingerprint density at radius 3 is 2.54 bits per heavy atom. The highest BCUT2D eigenvalue weighted by Gasteiger charge is 2.33. The van der Waals surface area contributed by atoms with Crippen LogP contribution in [0.25, 0.3) is 5.65 Å². The van der Waals surface area contributed by atoms with Gasteiger partial charge in [0.2, 0.25) is 0 Å². The predicted molar refractivity (Wildman–Crippen MR) is 122 cm³/mol. The van der Waals surface area contributed by atoms with Crippen LogP contribution in [0, 0.1) is 0 Å². The number of carbonyl (C=O) groups is 2. The highest BCUT2D eigenvalue weighted by molar-refractivity contribution is 6.03. The Bertz CT molecular complexity index is 1240. The Morgan fingerprint density at radius 1 is 1.20 bits per heavy atom. The summed E-state index contributed by atoms with van der Waals surface area (Å²) in [5, 5.41) is 13.3. The molecule has 0 bridgehead atoms. The third-order valence-corrected chi connectivity index (χ3v) is 6.13. The standard InChI is InChI=1S/C24H26F3N5O3/c1-23(2,35)16-12-21-29-18(15-6-8-31(9-7-15)10-11-33)13-32(21)14-19(16)30-22(34)17-4-3-5-20(28-17)24(25,26)27/h3-5,11-15,35H,6-10H2,1-2H3,(H,30,34). The molecule has 35 heavy (non-hydrogen) atoms. The average molecular weight is 489 g/mol. The summed E-state index contributed by atoms with van der Waals surface area (Å²) >= 11 is 0. The molecule has 0 unspecified atom stereocenters. The first-order valence-electron chi connectivity index (χ1n) is 11.2. The van der Waals surface area contributed by atoms with Crippen LogP contribution in [-0.2, 0) is 16.6 Å². The highest BCUT2D eigenvalue weighted by atomic mass is 19.4. The lowest BCUT2D eigenvalue weighted by Crippen LogP contribution is -2.34. The van der Waals surface area contributed by atoms with Gasteiger partial charge >= 0.3 is 6.18 Å². The van der Waals surface area contributed by atoms with E-state index in [4.69, 9.17) is 4.98 Å². The average Bonchev–Trinajstić information content (AvgIpc) is 3.21. The molecule has 1 aliphatic heterocycles. The van der Waals surface area contributed by atoms with Crippen LogP contribution in [0.1, 0.15) is 60.0 Å². The highest BCUT2D eigenvalue weighted by Crippen LogP contribution is 2.33. The summed E-state index contributed by atoms with van der Waals surface area (Å²) in [4.78, 5) is 33.8. The molecule has 0 saturated carbocycles. The summed E-state index contributed by atoms with van der Waals surface area (Å²) in [5.41, 5.74) is -0.889. The monoisotopic (exact) mass is 489 g/mol. The fourth-order valence-corrected chi connectivity index (χ4v) is 4.28. The van der Waals surface area contributed by atoms with Crippen molar-refractivity contribution in [3.05, 3.63) is 59.3 Å². The smallest absolute Gasteiger partial charge is 0.386 e. The van der Waals surface area contributed by atoms with Crippen LogP contribution < -0.4 is 5.32 Å². The minimum Gasteiger partial charge on any atom is -0.386 e. The number of aliphatic hydroxyl groups is 1. The minimum absolute atomic E-state index is 0.204. The number of anilines is 1. The van der Waals surface area contributed by atoms with E-state index < -0.39 is 29.1 Å². The van der Waals surface area contributed by atoms with Crippen LogP contribution in [0.15, 0.2) is 36.7 Å². The first-order valence-corrected chi connectivity index (χ1v) is 11.2. The fraction of sp³-hybridized carbons (Fsp3) is 0.417. The maximum absolute atomic E-state index is 13.0. The molecule has 0 atom stereocenters. The number of hydrogen-bond acceptors (Lipinski definition) is 6. The zero-order valence-electron chi connectivity index (χ0n) is 19.3. The second-order valence-electron chi connectivity index (χ2n) is 9.19. The Kier molecular flexibility index (Phi) is 6.65. The number of alkyl halides is 3. The lowest BCUT2D eigenvalue weighted by molar-refractivity contribution is -0.141. The summed E-state index contributed by atoms with van der Waals surface area (Å²) in [7, 11) is 0. The number of aldehydes is 1. The molecule has 2 N–H and O–H groups in total. The van der Waals surface area contributed by atoms with E-state index in [1.807, 2.05) is 6.20 Å². The maximum atomic E-state index is 13.0. The van der Waals surface area contributed by atoms with Crippen LogP contribution >= 0.6 is 0 Å². The molecule has 8 nitrogen and oxygen atoms in total. The fourth-order valence-electron chi connectivity index (χ4n) is 4.28. The Labute approximate surface area is 199 Å². The summed E-state index contributed by atoms with van der Waals surface area (Å²) in [5.74, 6) is -0.625. The number of carbonyl (C=O) groups excluding carboxylic acids is 2. The molecule has 1 fully saturated rings. The molecular formula is C24H26F3N5O3. The van der Waals surface area contributed by atoms with Crippen molar-refractivity contribution in [1.82, 2.24) is 19.3 Å². The van der Waals surface area contributed by atoms with Gasteiger partial charge in [0.25, 0.3) is 5.91 Å². The van der Waals surface area contributed by atoms with Crippen LogP contribution in [-0.4, -0.2) is 56.2 Å². The molecule has 3 aromatic heterocycles. The summed E-state index contributed by atoms with van der Waals surface area (Å²) in [6, 6.07) is 4.76. The zero-order valence-corrected chi connectivity index (χ0v) is 19.3. The van der Waals surface area contributed by atoms with Crippen LogP contribution in [0.5, 0.6) is 0 Å². The van der Waals surface area contributed by atoms with E-state index in [2.05, 4.69) is 15.2 Å². The molecule has 0 spiro atoms. The normalized spacial score (nSPS) is 15.9. The number of amides is 1. The van der Waals surface area contributed by atoms with Crippen molar-refractivity contribution < 1.29 is 27.9 Å². The first-order chi connectivity index (χ1) is 16.5. The van der Waals surface area contributed by atoms with Crippen molar-refractivity contribution in [3.8, 4) is 0 Å². The van der Waals surface area contributed by atoms with Crippen molar-refractivity contribution in [3.63, 3.8) is 0 Å². The molecule has 186 valence electrons. The van der Waals surface area contributed by atoms with Gasteiger partial charge in [0, 0.05) is 23.9 Å². The van der Waals surface area contributed by atoms with Gasteiger partial charge < -0.3 is 19.6 Å². The van der Waals surface area contributed by atoms with Gasteiger partial charge in [0.05, 0.1) is 23.5 Å². The van der Waals surface area contributed by atoms with Crippen LogP contribution in [0.2, 0.25) is 0 Å². The van der Waals surface area contributed by atoms with E-state index in [1.54, 1.807) is 30.5 Å². The number of pyridine rings is 2. The van der Waals surface area contributed by atoms with Gasteiger partial charge in [-0.3, -0.25) is 9.69 Å². The van der Waals surface area contributed by atoms with E-state index in [1.165, 1.54) is 6.07 Å². The molecule has 0 radical (unpaired) electrons. The minimum atomic E-state index is -4.68. The Balaban J connectivity index is 1.63. The lowest BCUT2D eigenvalue weighted by atomic mass is 9.94. The van der Waals surface area contributed by atoms with Gasteiger partial charge in [-0.2, -0.15) is 13.2 Å². The molecule has 1 saturated heterocycles. The molecule has 0 aromatic carbocycles. The molecule has 4 heterocycles. The molecule has 3 aromatic rings. The van der Waals surface area contributed by atoms with Gasteiger partial charge in [0.1, 0.15) is 23.3 Å². The number of likely N-dealkylation sites (tertiary alicyclic amines) is 1. The summed E-state index contributed by atoms with van der Waals surface area (Å²) in [6.07, 6.45) is 1.35. The second kappa shape index (κ2) is 9.38. The number of aromatic nitrogens is 3. The number of halogens is 3. The van der Waals surface area contributed by atoms with Gasteiger partial charge in [-0.15, -0.1) is 0 Å². The van der Waals surface area contributed by atoms with Gasteiger partial charge in [-0.25, -0.2) is 9.97 Å². The Hall–Kier alpha value is -3.31. The number of imidazole rings is 1. The molecule has 0 aliphatic carbocycles. The van der Waals surface area contributed by atoms with Crippen molar-refractivity contribution in [1.29, 1.82) is 0 Å². The lowest BCUT2D eigenvalue weighted by Gasteiger charge is -2.29. The molecule has 4 rings (SSSR count). The number of piperidine rings is 1. The van der Waals surface area contributed by atoms with Gasteiger partial charge in [-0.05, 0) is 58.0 Å². The van der Waals surface area contributed by atoms with Gasteiger partial charge in [0.15, 0.2) is 0 Å². The van der Waals surface area contributed by atoms with Crippen molar-refractivity contribution in [2.75, 3.05) is 25.0 Å². The third kappa shape index (κ3) is 5.51. The predicted octanol–water partition coefficient (Wildman–Crippen LogP) is 3.61. The van der Waals surface area contributed by atoms with Crippen LogP contribution in [0.3, 0.4) is 0 Å². The third-order valence-electron chi connectivity index (χ3n) is 6.13. The number of hydrogen-bond donors (Lipinski definition) is 2. The van der Waals surface area contributed by atoms with E-state index >= 15 is 0 Å². The quantitative estimate of drug-likeness (QED) is 0.514. The van der Waals surface area contributed by atoms with Gasteiger partial charge in [-0.1, -0.05) is 6.07 Å². The van der Waals surface area contributed by atoms with E-state index in [0.717, 1.165) is 50.0 Å². The number of nitrogens with one attached hydrogen (secondary N) is 1. The summed E-state index contributed by atoms with van der Waals surface area (Å²) < 4.78 is 40.8. The molecule has 1 amide bonds. The number of rotatable bonds is 6. The van der Waals surface area contributed by atoms with E-state index in [0.29, 0.717) is 17.8 Å². The first kappa shape index (κ1) is 24.8. The van der Waals surface area contributed by atoms with Crippen LogP contribution in [0.4, 0.5) is 18.9 Å². The van der Waals surface area contributed by atoms with E-state index in [9.17, 15) is 27.9 Å². The van der Waals surface area contributed by atoms with E-state index in [-0.39, 0.29) is 11.6 Å². The molecular weight excluding hydrogens is 463 g/mol. The zero-order chi connectivity index (χ0) is 25.4. The summed E-state index contributed by atoms with van der Waals surface area (Å²) in [6.45, 7) is 5.08. The number of nitrogens with zero attached hydrogens (tertiary/aromatic N) is 4. The largest absolute Gasteiger partial charge is 0.433 e. The number of fused-ring (bicyclic) bond motifs is 1. The van der Waals surface area contributed by atoms with Crippen molar-refractivity contribution in [2.24, 2.45) is 0 Å². The topological polar surface area (TPSA) is 99.8 Å². The maximum Gasteiger partial charge on any atom is 0.433 e.